The largest absolute Gasteiger partial charge is 0.404 e. The summed E-state index contributed by atoms with van der Waals surface area (Å²) >= 11 is 0. The van der Waals surface area contributed by atoms with E-state index in [1.807, 2.05) is 39.8 Å². The van der Waals surface area contributed by atoms with Gasteiger partial charge in [0, 0.05) is 0 Å². The van der Waals surface area contributed by atoms with Crippen LogP contribution in [0.3, 0.4) is 0 Å². The molecule has 0 radical (unpaired) electrons. The number of fused-ring (bicyclic) bond motifs is 1. The minimum atomic E-state index is -2.89. The average molecular weight is 529 g/mol. The summed E-state index contributed by atoms with van der Waals surface area (Å²) < 4.78 is 38.1. The zero-order chi connectivity index (χ0) is 26.7. The van der Waals surface area contributed by atoms with Gasteiger partial charge in [-0.15, -0.1) is 0 Å². The van der Waals surface area contributed by atoms with Gasteiger partial charge in [-0.25, -0.2) is 0 Å². The molecule has 8 heteroatoms. The van der Waals surface area contributed by atoms with Crippen molar-refractivity contribution in [3.8, 4) is 0 Å². The maximum Gasteiger partial charge on any atom is 0.261 e. The van der Waals surface area contributed by atoms with Gasteiger partial charge in [-0.3, -0.25) is 0 Å². The Morgan fingerprint density at radius 3 is 1.95 bits per heavy atom. The summed E-state index contributed by atoms with van der Waals surface area (Å²) in [5.41, 5.74) is -1.22. The van der Waals surface area contributed by atoms with Gasteiger partial charge in [-0.2, -0.15) is 0 Å². The van der Waals surface area contributed by atoms with Gasteiger partial charge in [0.1, 0.15) is 18.3 Å². The minimum absolute atomic E-state index is 0.100. The van der Waals surface area contributed by atoms with Crippen LogP contribution in [0.15, 0.2) is 60.7 Å². The molecule has 1 N–H and O–H groups in total. The van der Waals surface area contributed by atoms with Gasteiger partial charge in [0.15, 0.2) is 23.5 Å². The Bertz CT molecular complexity index is 1040. The SMILES string of the molecule is CC1(C)OC[C@H]([C@H]2OC(O)[C@@]3(CO[Si](c4ccccc4)(c4ccccc4)C(C)(C)C)OC(C)(C)O[C@@H]23)O1. The van der Waals surface area contributed by atoms with Crippen molar-refractivity contribution in [2.45, 2.75) is 95.3 Å². The molecule has 3 fully saturated rings. The lowest BCUT2D eigenvalue weighted by Crippen LogP contribution is -2.68. The molecule has 0 spiro atoms. The van der Waals surface area contributed by atoms with Crippen LogP contribution in [-0.2, 0) is 28.1 Å². The molecule has 5 atom stereocenters. The van der Waals surface area contributed by atoms with Crippen molar-refractivity contribution in [3.05, 3.63) is 60.7 Å². The van der Waals surface area contributed by atoms with Crippen LogP contribution in [0.5, 0.6) is 0 Å². The highest BCUT2D eigenvalue weighted by atomic mass is 28.4. The molecule has 2 aromatic carbocycles. The molecule has 0 amide bonds. The molecule has 3 aliphatic rings. The third-order valence-electron chi connectivity index (χ3n) is 7.66. The number of hydrogen-bond acceptors (Lipinski definition) is 7. The van der Waals surface area contributed by atoms with Crippen LogP contribution in [0, 0.1) is 0 Å². The quantitative estimate of drug-likeness (QED) is 0.577. The molecule has 0 aliphatic carbocycles. The van der Waals surface area contributed by atoms with E-state index in [0.717, 1.165) is 10.4 Å². The number of rotatable bonds is 6. The molecular formula is C29H40O7Si. The van der Waals surface area contributed by atoms with Crippen molar-refractivity contribution in [2.24, 2.45) is 0 Å². The Labute approximate surface area is 221 Å². The first-order chi connectivity index (χ1) is 17.3. The summed E-state index contributed by atoms with van der Waals surface area (Å²) in [4.78, 5) is 0. The smallest absolute Gasteiger partial charge is 0.261 e. The van der Waals surface area contributed by atoms with E-state index in [9.17, 15) is 5.11 Å². The van der Waals surface area contributed by atoms with Crippen LogP contribution in [0.25, 0.3) is 0 Å². The molecule has 0 bridgehead atoms. The maximum atomic E-state index is 11.4. The third-order valence-corrected chi connectivity index (χ3v) is 12.6. The molecule has 2 aromatic rings. The van der Waals surface area contributed by atoms with E-state index in [1.165, 1.54) is 0 Å². The Hall–Kier alpha value is -1.62. The van der Waals surface area contributed by atoms with Crippen molar-refractivity contribution in [3.63, 3.8) is 0 Å². The predicted molar refractivity (Wildman–Crippen MR) is 142 cm³/mol. The topological polar surface area (TPSA) is 75.6 Å². The second-order valence-corrected chi connectivity index (χ2v) is 16.6. The summed E-state index contributed by atoms with van der Waals surface area (Å²) in [6, 6.07) is 20.8. The first kappa shape index (κ1) is 27.0. The molecular weight excluding hydrogens is 488 g/mol. The highest BCUT2D eigenvalue weighted by molar-refractivity contribution is 6.99. The first-order valence-corrected chi connectivity index (χ1v) is 15.0. The van der Waals surface area contributed by atoms with E-state index in [1.54, 1.807) is 0 Å². The number of benzene rings is 2. The molecule has 37 heavy (non-hydrogen) atoms. The van der Waals surface area contributed by atoms with Gasteiger partial charge < -0.3 is 33.2 Å². The predicted octanol–water partition coefficient (Wildman–Crippen LogP) is 3.32. The fourth-order valence-electron chi connectivity index (χ4n) is 6.14. The molecule has 3 aliphatic heterocycles. The van der Waals surface area contributed by atoms with Gasteiger partial charge in [0.25, 0.3) is 8.32 Å². The van der Waals surface area contributed by atoms with Crippen molar-refractivity contribution < 1.29 is 33.2 Å². The summed E-state index contributed by atoms with van der Waals surface area (Å²) in [6.07, 6.45) is -2.82. The number of aliphatic hydroxyl groups is 1. The first-order valence-electron chi connectivity index (χ1n) is 13.1. The molecule has 5 rings (SSSR count). The minimum Gasteiger partial charge on any atom is -0.404 e. The number of ether oxygens (including phenoxy) is 5. The third kappa shape index (κ3) is 4.61. The van der Waals surface area contributed by atoms with Crippen LogP contribution in [-0.4, -0.2) is 68.4 Å². The summed E-state index contributed by atoms with van der Waals surface area (Å²) in [5, 5.41) is 13.5. The summed E-state index contributed by atoms with van der Waals surface area (Å²) in [7, 11) is -2.89. The lowest BCUT2D eigenvalue weighted by molar-refractivity contribution is -0.260. The lowest BCUT2D eigenvalue weighted by Gasteiger charge is -2.45. The summed E-state index contributed by atoms with van der Waals surface area (Å²) in [5.74, 6) is -1.66. The standard InChI is InChI=1S/C29H40O7Si/c1-26(2,3)37(20-14-10-8-11-15-20,21-16-12-9-13-17-21)32-19-29-24(35-28(6,7)36-29)23(33-25(29)30)22-18-31-27(4,5)34-22/h8-17,22-25,30H,18-19H2,1-7H3/t22-,23-,24+,25?,29+/m1/s1. The van der Waals surface area contributed by atoms with Crippen LogP contribution < -0.4 is 10.4 Å². The van der Waals surface area contributed by atoms with E-state index >= 15 is 0 Å². The fraction of sp³-hybridized carbons (Fsp3) is 0.586. The Morgan fingerprint density at radius 1 is 0.892 bits per heavy atom. The van der Waals surface area contributed by atoms with Crippen molar-refractivity contribution >= 4 is 18.7 Å². The maximum absolute atomic E-state index is 11.4. The average Bonchev–Trinajstić information content (AvgIpc) is 3.42. The number of hydrogen-bond donors (Lipinski definition) is 1. The van der Waals surface area contributed by atoms with E-state index < -0.39 is 50.1 Å². The van der Waals surface area contributed by atoms with Gasteiger partial charge in [-0.05, 0) is 43.1 Å². The molecule has 1 unspecified atom stereocenters. The van der Waals surface area contributed by atoms with Crippen LogP contribution >= 0.6 is 0 Å². The zero-order valence-electron chi connectivity index (χ0n) is 22.9. The molecule has 0 aromatic heterocycles. The highest BCUT2D eigenvalue weighted by Gasteiger charge is 2.69. The van der Waals surface area contributed by atoms with E-state index in [2.05, 4.69) is 69.3 Å². The van der Waals surface area contributed by atoms with Gasteiger partial charge in [-0.1, -0.05) is 81.4 Å². The normalized spacial score (nSPS) is 33.0. The van der Waals surface area contributed by atoms with Gasteiger partial charge in [0.05, 0.1) is 13.2 Å². The Balaban J connectivity index is 1.55. The van der Waals surface area contributed by atoms with Crippen LogP contribution in [0.2, 0.25) is 5.04 Å². The number of aliphatic hydroxyl groups excluding tert-OH is 1. The van der Waals surface area contributed by atoms with Crippen molar-refractivity contribution in [1.29, 1.82) is 0 Å². The van der Waals surface area contributed by atoms with Crippen LogP contribution in [0.1, 0.15) is 48.5 Å². The Kier molecular flexibility index (Phi) is 6.73. The van der Waals surface area contributed by atoms with Crippen LogP contribution in [0.4, 0.5) is 0 Å². The van der Waals surface area contributed by atoms with Gasteiger partial charge >= 0.3 is 0 Å². The molecule has 3 saturated heterocycles. The monoisotopic (exact) mass is 528 g/mol. The van der Waals surface area contributed by atoms with Crippen molar-refractivity contribution in [2.75, 3.05) is 13.2 Å². The Morgan fingerprint density at radius 2 is 1.46 bits per heavy atom. The second kappa shape index (κ2) is 9.24. The molecule has 7 nitrogen and oxygen atoms in total. The summed E-state index contributed by atoms with van der Waals surface area (Å²) in [6.45, 7) is 14.6. The van der Waals surface area contributed by atoms with E-state index in [0.29, 0.717) is 6.61 Å². The lowest BCUT2D eigenvalue weighted by atomic mass is 9.94. The molecule has 0 saturated carbocycles. The second-order valence-electron chi connectivity index (χ2n) is 12.3. The van der Waals surface area contributed by atoms with Gasteiger partial charge in [0.2, 0.25) is 0 Å². The molecule has 202 valence electrons. The molecule has 3 heterocycles. The fourth-order valence-corrected chi connectivity index (χ4v) is 10.7. The van der Waals surface area contributed by atoms with E-state index in [-0.39, 0.29) is 11.6 Å². The van der Waals surface area contributed by atoms with E-state index in [4.69, 9.17) is 28.1 Å². The van der Waals surface area contributed by atoms with Crippen molar-refractivity contribution in [1.82, 2.24) is 0 Å². The zero-order valence-corrected chi connectivity index (χ0v) is 23.9. The highest BCUT2D eigenvalue weighted by Crippen LogP contribution is 2.49.